The summed E-state index contributed by atoms with van der Waals surface area (Å²) in [7, 11) is 1.36. The number of para-hydroxylation sites is 1. The molecule has 0 unspecified atom stereocenters. The van der Waals surface area contributed by atoms with Gasteiger partial charge in [-0.3, -0.25) is 4.79 Å². The van der Waals surface area contributed by atoms with E-state index in [9.17, 15) is 9.59 Å². The molecule has 4 nitrogen and oxygen atoms in total. The number of aryl methyl sites for hydroxylation is 1. The number of methoxy groups -OCH3 is 1. The van der Waals surface area contributed by atoms with Gasteiger partial charge >= 0.3 is 5.97 Å². The molecular weight excluding hydrogens is 434 g/mol. The van der Waals surface area contributed by atoms with Crippen LogP contribution in [0.4, 0.5) is 5.69 Å². The summed E-state index contributed by atoms with van der Waals surface area (Å²) in [6.45, 7) is 2.40. The minimum Gasteiger partial charge on any atom is -0.465 e. The predicted molar refractivity (Wildman–Crippen MR) is 139 cm³/mol. The number of carbonyl (C=O) groups excluding carboxylic acids is 2. The van der Waals surface area contributed by atoms with Crippen molar-refractivity contribution in [1.29, 1.82) is 0 Å². The summed E-state index contributed by atoms with van der Waals surface area (Å²) in [6.07, 6.45) is 0. The van der Waals surface area contributed by atoms with E-state index in [0.717, 1.165) is 39.1 Å². The average molecular weight is 460 g/mol. The van der Waals surface area contributed by atoms with E-state index in [1.54, 1.807) is 17.0 Å². The molecule has 0 aromatic heterocycles. The van der Waals surface area contributed by atoms with E-state index >= 15 is 0 Å². The van der Waals surface area contributed by atoms with Crippen molar-refractivity contribution in [3.05, 3.63) is 137 Å². The van der Waals surface area contributed by atoms with Crippen molar-refractivity contribution < 1.29 is 14.3 Å². The lowest BCUT2D eigenvalue weighted by Gasteiger charge is -2.18. The Bertz CT molecular complexity index is 1440. The molecule has 1 amide bonds. The Labute approximate surface area is 205 Å². The van der Waals surface area contributed by atoms with Crippen molar-refractivity contribution in [2.75, 3.05) is 12.0 Å². The van der Waals surface area contributed by atoms with E-state index in [-0.39, 0.29) is 5.91 Å². The third-order valence-corrected chi connectivity index (χ3v) is 6.26. The monoisotopic (exact) mass is 459 g/mol. The van der Waals surface area contributed by atoms with Crippen LogP contribution in [0.3, 0.4) is 0 Å². The minimum absolute atomic E-state index is 0.0610. The lowest BCUT2D eigenvalue weighted by Crippen LogP contribution is -2.26. The Balaban J connectivity index is 1.66. The highest BCUT2D eigenvalue weighted by Crippen LogP contribution is 2.43. The van der Waals surface area contributed by atoms with E-state index in [0.29, 0.717) is 17.7 Å². The third-order valence-electron chi connectivity index (χ3n) is 6.26. The van der Waals surface area contributed by atoms with Crippen molar-refractivity contribution in [3.8, 4) is 0 Å². The fourth-order valence-electron chi connectivity index (χ4n) is 4.56. The summed E-state index contributed by atoms with van der Waals surface area (Å²) in [5, 5.41) is 0. The van der Waals surface area contributed by atoms with Crippen LogP contribution >= 0.6 is 0 Å². The largest absolute Gasteiger partial charge is 0.465 e. The van der Waals surface area contributed by atoms with Crippen molar-refractivity contribution >= 4 is 28.7 Å². The highest BCUT2D eigenvalue weighted by molar-refractivity contribution is 6.38. The van der Waals surface area contributed by atoms with Crippen LogP contribution in [0.15, 0.2) is 103 Å². The first-order chi connectivity index (χ1) is 17.1. The number of benzene rings is 4. The normalized spacial score (nSPS) is 14.0. The van der Waals surface area contributed by atoms with Gasteiger partial charge in [0.05, 0.1) is 30.5 Å². The molecule has 4 aromatic rings. The number of carbonyl (C=O) groups is 2. The molecule has 1 heterocycles. The van der Waals surface area contributed by atoms with Crippen molar-refractivity contribution in [2.45, 2.75) is 13.5 Å². The number of hydrogen-bond acceptors (Lipinski definition) is 3. The zero-order chi connectivity index (χ0) is 24.4. The van der Waals surface area contributed by atoms with Gasteiger partial charge in [-0.25, -0.2) is 4.79 Å². The van der Waals surface area contributed by atoms with Gasteiger partial charge in [-0.05, 0) is 41.8 Å². The molecule has 0 radical (unpaired) electrons. The zero-order valence-corrected chi connectivity index (χ0v) is 19.7. The molecule has 0 saturated heterocycles. The molecule has 1 aliphatic rings. The molecule has 0 aliphatic carbocycles. The second-order valence-corrected chi connectivity index (χ2v) is 8.58. The third kappa shape index (κ3) is 4.26. The quantitative estimate of drug-likeness (QED) is 0.260. The first-order valence-electron chi connectivity index (χ1n) is 11.5. The summed E-state index contributed by atoms with van der Waals surface area (Å²) >= 11 is 0. The summed E-state index contributed by atoms with van der Waals surface area (Å²) in [6, 6.07) is 33.4. The molecule has 1 aliphatic heterocycles. The van der Waals surface area contributed by atoms with E-state index in [2.05, 4.69) is 31.2 Å². The van der Waals surface area contributed by atoms with Crippen LogP contribution in [0.5, 0.6) is 0 Å². The zero-order valence-electron chi connectivity index (χ0n) is 19.7. The number of anilines is 1. The Morgan fingerprint density at radius 2 is 1.43 bits per heavy atom. The van der Waals surface area contributed by atoms with Gasteiger partial charge in [-0.15, -0.1) is 0 Å². The Morgan fingerprint density at radius 3 is 2.17 bits per heavy atom. The first kappa shape index (κ1) is 22.4. The lowest BCUT2D eigenvalue weighted by molar-refractivity contribution is -0.113. The molecule has 0 fully saturated rings. The maximum Gasteiger partial charge on any atom is 0.337 e. The summed E-state index contributed by atoms with van der Waals surface area (Å²) in [4.78, 5) is 27.9. The number of rotatable bonds is 5. The van der Waals surface area contributed by atoms with Gasteiger partial charge in [0.15, 0.2) is 0 Å². The highest BCUT2D eigenvalue weighted by Gasteiger charge is 2.35. The molecule has 0 bridgehead atoms. The summed E-state index contributed by atoms with van der Waals surface area (Å²) in [5.74, 6) is -0.458. The van der Waals surface area contributed by atoms with E-state index in [4.69, 9.17) is 4.74 Å². The molecular formula is C31H25NO3. The number of hydrogen-bond donors (Lipinski definition) is 0. The van der Waals surface area contributed by atoms with E-state index in [1.165, 1.54) is 7.11 Å². The van der Waals surface area contributed by atoms with Crippen LogP contribution < -0.4 is 4.90 Å². The molecule has 0 saturated carbocycles. The molecule has 0 N–H and O–H groups in total. The summed E-state index contributed by atoms with van der Waals surface area (Å²) in [5.41, 5.74) is 7.82. The lowest BCUT2D eigenvalue weighted by atomic mass is 9.90. The standard InChI is InChI=1S/C31H25NO3/c1-21-15-17-24(18-16-21)28(23-10-4-3-5-11-23)29-26-13-6-7-14-27(26)32(30(29)33)20-22-9-8-12-25(19-22)31(34)35-2/h3-19H,20H2,1-2H3. The van der Waals surface area contributed by atoms with Crippen LogP contribution in [0, 0.1) is 6.92 Å². The number of fused-ring (bicyclic) bond motifs is 1. The van der Waals surface area contributed by atoms with Crippen LogP contribution in [0.25, 0.3) is 11.1 Å². The van der Waals surface area contributed by atoms with Gasteiger partial charge < -0.3 is 9.64 Å². The molecule has 4 aromatic carbocycles. The van der Waals surface area contributed by atoms with Crippen LogP contribution in [-0.2, 0) is 16.1 Å². The SMILES string of the molecule is COC(=O)c1cccc(CN2C(=O)C(=C(c3ccccc3)c3ccc(C)cc3)c3ccccc32)c1. The van der Waals surface area contributed by atoms with Crippen LogP contribution in [0.1, 0.15) is 38.2 Å². The molecule has 172 valence electrons. The topological polar surface area (TPSA) is 46.6 Å². The molecule has 5 rings (SSSR count). The summed E-state index contributed by atoms with van der Waals surface area (Å²) < 4.78 is 4.87. The molecule has 35 heavy (non-hydrogen) atoms. The second-order valence-electron chi connectivity index (χ2n) is 8.58. The predicted octanol–water partition coefficient (Wildman–Crippen LogP) is 6.29. The average Bonchev–Trinajstić information content (AvgIpc) is 3.17. The van der Waals surface area contributed by atoms with Gasteiger partial charge in [0.1, 0.15) is 0 Å². The fraction of sp³-hybridized carbons (Fsp3) is 0.0968. The van der Waals surface area contributed by atoms with E-state index < -0.39 is 5.97 Å². The highest BCUT2D eigenvalue weighted by atomic mass is 16.5. The fourth-order valence-corrected chi connectivity index (χ4v) is 4.56. The van der Waals surface area contributed by atoms with Crippen molar-refractivity contribution in [2.24, 2.45) is 0 Å². The molecule has 0 atom stereocenters. The number of esters is 1. The Morgan fingerprint density at radius 1 is 0.771 bits per heavy atom. The maximum absolute atomic E-state index is 14.1. The molecule has 0 spiro atoms. The smallest absolute Gasteiger partial charge is 0.337 e. The van der Waals surface area contributed by atoms with Gasteiger partial charge in [0.25, 0.3) is 5.91 Å². The van der Waals surface area contributed by atoms with Crippen LogP contribution in [-0.4, -0.2) is 19.0 Å². The minimum atomic E-state index is -0.397. The van der Waals surface area contributed by atoms with Gasteiger partial charge in [-0.2, -0.15) is 0 Å². The Hall–Kier alpha value is -4.44. The van der Waals surface area contributed by atoms with Crippen molar-refractivity contribution in [3.63, 3.8) is 0 Å². The number of nitrogens with zero attached hydrogens (tertiary/aromatic N) is 1. The molecule has 4 heteroatoms. The maximum atomic E-state index is 14.1. The first-order valence-corrected chi connectivity index (χ1v) is 11.5. The number of ether oxygens (including phenoxy) is 1. The van der Waals surface area contributed by atoms with Crippen molar-refractivity contribution in [1.82, 2.24) is 0 Å². The second kappa shape index (κ2) is 9.43. The van der Waals surface area contributed by atoms with Crippen LogP contribution in [0.2, 0.25) is 0 Å². The number of amides is 1. The Kier molecular flexibility index (Phi) is 6.02. The van der Waals surface area contributed by atoms with Gasteiger partial charge in [0.2, 0.25) is 0 Å². The van der Waals surface area contributed by atoms with Gasteiger partial charge in [-0.1, -0.05) is 90.5 Å². The van der Waals surface area contributed by atoms with E-state index in [1.807, 2.05) is 66.7 Å². The van der Waals surface area contributed by atoms with Gasteiger partial charge in [0, 0.05) is 11.1 Å².